The lowest BCUT2D eigenvalue weighted by Gasteiger charge is -2.08. The van der Waals surface area contributed by atoms with Crippen molar-refractivity contribution in [3.63, 3.8) is 0 Å². The highest BCUT2D eigenvalue weighted by Gasteiger charge is 2.28. The van der Waals surface area contributed by atoms with Crippen LogP contribution in [0.3, 0.4) is 0 Å². The topological polar surface area (TPSA) is 80.7 Å². The Morgan fingerprint density at radius 2 is 1.67 bits per heavy atom. The molecule has 5 N–H and O–H groups in total. The van der Waals surface area contributed by atoms with E-state index in [1.807, 2.05) is 30.3 Å². The van der Waals surface area contributed by atoms with Gasteiger partial charge < -0.3 is 16.5 Å². The molecule has 116 valence electrons. The Labute approximate surface area is 139 Å². The number of rotatable bonds is 1. The minimum Gasteiger partial charge on any atom is -0.399 e. The summed E-state index contributed by atoms with van der Waals surface area (Å²) in [5.74, 6) is 0.844. The Morgan fingerprint density at radius 3 is 2.58 bits per heavy atom. The average molecular weight is 312 g/mol. The first-order valence-electron chi connectivity index (χ1n) is 7.96. The molecular weight excluding hydrogens is 296 g/mol. The summed E-state index contributed by atoms with van der Waals surface area (Å²) in [7, 11) is 0. The molecule has 0 amide bonds. The summed E-state index contributed by atoms with van der Waals surface area (Å²) in [6.07, 6.45) is 0. The van der Waals surface area contributed by atoms with Crippen molar-refractivity contribution in [1.82, 2.24) is 9.97 Å². The minimum atomic E-state index is -0.0869. The second kappa shape index (κ2) is 4.69. The van der Waals surface area contributed by atoms with Gasteiger partial charge in [0.15, 0.2) is 0 Å². The smallest absolute Gasteiger partial charge is 0.139 e. The number of fused-ring (bicyclic) bond motifs is 4. The lowest BCUT2D eigenvalue weighted by Crippen LogP contribution is -2.07. The van der Waals surface area contributed by atoms with E-state index in [-0.39, 0.29) is 6.04 Å². The van der Waals surface area contributed by atoms with Crippen molar-refractivity contribution in [2.45, 2.75) is 6.04 Å². The zero-order valence-corrected chi connectivity index (χ0v) is 13.0. The van der Waals surface area contributed by atoms with Crippen molar-refractivity contribution in [2.24, 2.45) is 5.73 Å². The zero-order valence-electron chi connectivity index (χ0n) is 13.0. The molecule has 1 aliphatic rings. The molecule has 1 heterocycles. The molecule has 0 saturated carbocycles. The highest BCUT2D eigenvalue weighted by atomic mass is 14.9. The van der Waals surface area contributed by atoms with Crippen molar-refractivity contribution < 1.29 is 0 Å². The van der Waals surface area contributed by atoms with Gasteiger partial charge in [0.2, 0.25) is 0 Å². The number of nitrogens with two attached hydrogens (primary N) is 2. The van der Waals surface area contributed by atoms with E-state index in [9.17, 15) is 0 Å². The normalized spacial score (nSPS) is 15.5. The predicted molar refractivity (Wildman–Crippen MR) is 97.4 cm³/mol. The van der Waals surface area contributed by atoms with Gasteiger partial charge in [-0.3, -0.25) is 0 Å². The number of nitrogen functional groups attached to an aromatic ring is 1. The molecule has 0 saturated heterocycles. The molecule has 0 aliphatic heterocycles. The zero-order chi connectivity index (χ0) is 16.3. The number of hydrogen-bond donors (Lipinski definition) is 3. The highest BCUT2D eigenvalue weighted by molar-refractivity contribution is 5.92. The van der Waals surface area contributed by atoms with Crippen LogP contribution in [0, 0.1) is 0 Å². The second-order valence-corrected chi connectivity index (χ2v) is 6.20. The van der Waals surface area contributed by atoms with Crippen LogP contribution in [0.1, 0.15) is 17.2 Å². The minimum absolute atomic E-state index is 0.0869. The van der Waals surface area contributed by atoms with Crippen molar-refractivity contribution >= 4 is 16.7 Å². The number of imidazole rings is 1. The van der Waals surface area contributed by atoms with Gasteiger partial charge in [0.05, 0.1) is 17.1 Å². The molecule has 5 rings (SSSR count). The molecule has 0 fully saturated rings. The molecule has 1 aromatic heterocycles. The number of hydrogen-bond acceptors (Lipinski definition) is 3. The van der Waals surface area contributed by atoms with Crippen LogP contribution < -0.4 is 11.5 Å². The molecule has 1 atom stereocenters. The van der Waals surface area contributed by atoms with Crippen LogP contribution in [0.15, 0.2) is 60.7 Å². The van der Waals surface area contributed by atoms with E-state index in [1.54, 1.807) is 0 Å². The van der Waals surface area contributed by atoms with Crippen LogP contribution in [0.2, 0.25) is 0 Å². The van der Waals surface area contributed by atoms with E-state index in [1.165, 1.54) is 16.7 Å². The molecule has 3 aromatic carbocycles. The van der Waals surface area contributed by atoms with Gasteiger partial charge in [-0.15, -0.1) is 0 Å². The number of nitrogens with zero attached hydrogens (tertiary/aromatic N) is 1. The summed E-state index contributed by atoms with van der Waals surface area (Å²) >= 11 is 0. The van der Waals surface area contributed by atoms with E-state index in [0.717, 1.165) is 33.7 Å². The fourth-order valence-corrected chi connectivity index (χ4v) is 3.65. The standard InChI is InChI=1S/C20H16N4/c21-11-8-9-16-17(10-11)24-20(23-16)15-7-3-6-14-18(15)12-4-1-2-5-13(12)19(14)22/h1-10,19H,21-22H2,(H,23,24). The molecule has 24 heavy (non-hydrogen) atoms. The van der Waals surface area contributed by atoms with Crippen molar-refractivity contribution in [1.29, 1.82) is 0 Å². The fraction of sp³-hybridized carbons (Fsp3) is 0.0500. The molecule has 1 unspecified atom stereocenters. The molecular formula is C20H16N4. The number of aromatic nitrogens is 2. The lowest BCUT2D eigenvalue weighted by molar-refractivity contribution is 0.901. The number of aromatic amines is 1. The van der Waals surface area contributed by atoms with E-state index in [4.69, 9.17) is 16.5 Å². The number of nitrogens with one attached hydrogen (secondary N) is 1. The third-order valence-corrected chi connectivity index (χ3v) is 4.76. The number of anilines is 1. The van der Waals surface area contributed by atoms with Crippen molar-refractivity contribution in [3.05, 3.63) is 71.8 Å². The Kier molecular flexibility index (Phi) is 2.61. The van der Waals surface area contributed by atoms with Crippen LogP contribution in [0.5, 0.6) is 0 Å². The van der Waals surface area contributed by atoms with E-state index < -0.39 is 0 Å². The Balaban J connectivity index is 1.79. The maximum absolute atomic E-state index is 6.45. The lowest BCUT2D eigenvalue weighted by atomic mass is 9.99. The van der Waals surface area contributed by atoms with Crippen molar-refractivity contribution in [2.75, 3.05) is 5.73 Å². The Hall–Kier alpha value is -3.11. The van der Waals surface area contributed by atoms with Gasteiger partial charge in [-0.2, -0.15) is 0 Å². The van der Waals surface area contributed by atoms with Crippen LogP contribution in [-0.2, 0) is 0 Å². The SMILES string of the molecule is Nc1ccc2nc(-c3cccc4c3-c3ccccc3C4N)[nH]c2c1. The molecule has 0 bridgehead atoms. The summed E-state index contributed by atoms with van der Waals surface area (Å²) < 4.78 is 0. The van der Waals surface area contributed by atoms with E-state index in [2.05, 4.69) is 35.3 Å². The number of H-pyrrole nitrogens is 1. The monoisotopic (exact) mass is 312 g/mol. The Bertz CT molecular complexity index is 1090. The van der Waals surface area contributed by atoms with Gasteiger partial charge in [0, 0.05) is 11.3 Å². The summed E-state index contributed by atoms with van der Waals surface area (Å²) in [6, 6.07) is 20.2. The Morgan fingerprint density at radius 1 is 0.875 bits per heavy atom. The quantitative estimate of drug-likeness (QED) is 0.467. The van der Waals surface area contributed by atoms with Crippen molar-refractivity contribution in [3.8, 4) is 22.5 Å². The van der Waals surface area contributed by atoms with Gasteiger partial charge in [0.1, 0.15) is 5.82 Å². The average Bonchev–Trinajstić information content (AvgIpc) is 3.15. The van der Waals surface area contributed by atoms with E-state index in [0.29, 0.717) is 0 Å². The first-order chi connectivity index (χ1) is 11.7. The maximum Gasteiger partial charge on any atom is 0.139 e. The third-order valence-electron chi connectivity index (χ3n) is 4.76. The van der Waals surface area contributed by atoms with Gasteiger partial charge >= 0.3 is 0 Å². The highest BCUT2D eigenvalue weighted by Crippen LogP contribution is 2.46. The molecule has 4 nitrogen and oxygen atoms in total. The molecule has 0 spiro atoms. The predicted octanol–water partition coefficient (Wildman–Crippen LogP) is 3.84. The third kappa shape index (κ3) is 1.74. The van der Waals surface area contributed by atoms with Gasteiger partial charge in [-0.25, -0.2) is 4.98 Å². The first kappa shape index (κ1) is 13.3. The van der Waals surface area contributed by atoms with Gasteiger partial charge in [-0.05, 0) is 40.5 Å². The van der Waals surface area contributed by atoms with Crippen LogP contribution in [-0.4, -0.2) is 9.97 Å². The molecule has 4 heteroatoms. The maximum atomic E-state index is 6.45. The van der Waals surface area contributed by atoms with Gasteiger partial charge in [-0.1, -0.05) is 42.5 Å². The number of benzene rings is 3. The van der Waals surface area contributed by atoms with Crippen LogP contribution in [0.4, 0.5) is 5.69 Å². The summed E-state index contributed by atoms with van der Waals surface area (Å²) in [5.41, 5.74) is 20.7. The fourth-order valence-electron chi connectivity index (χ4n) is 3.65. The summed E-state index contributed by atoms with van der Waals surface area (Å²) in [4.78, 5) is 8.14. The van der Waals surface area contributed by atoms with E-state index >= 15 is 0 Å². The second-order valence-electron chi connectivity index (χ2n) is 6.20. The van der Waals surface area contributed by atoms with Crippen LogP contribution >= 0.6 is 0 Å². The molecule has 4 aromatic rings. The summed E-state index contributed by atoms with van der Waals surface area (Å²) in [6.45, 7) is 0. The first-order valence-corrected chi connectivity index (χ1v) is 7.96. The summed E-state index contributed by atoms with van der Waals surface area (Å²) in [5, 5.41) is 0. The van der Waals surface area contributed by atoms with Crippen LogP contribution in [0.25, 0.3) is 33.5 Å². The van der Waals surface area contributed by atoms with Gasteiger partial charge in [0.25, 0.3) is 0 Å². The molecule has 0 radical (unpaired) electrons. The largest absolute Gasteiger partial charge is 0.399 e. The molecule has 1 aliphatic carbocycles.